The fourth-order valence-electron chi connectivity index (χ4n) is 2.27. The predicted octanol–water partition coefficient (Wildman–Crippen LogP) is -0.0581. The molecule has 18 heavy (non-hydrogen) atoms. The van der Waals surface area contributed by atoms with Crippen molar-refractivity contribution in [1.29, 1.82) is 0 Å². The first kappa shape index (κ1) is 15.2. The summed E-state index contributed by atoms with van der Waals surface area (Å²) in [5, 5.41) is 0. The van der Waals surface area contributed by atoms with Gasteiger partial charge in [-0.25, -0.2) is 9.52 Å². The Labute approximate surface area is 108 Å². The first-order chi connectivity index (χ1) is 8.48. The van der Waals surface area contributed by atoms with Gasteiger partial charge in [0.15, 0.2) is 0 Å². The summed E-state index contributed by atoms with van der Waals surface area (Å²) >= 11 is 0. The summed E-state index contributed by atoms with van der Waals surface area (Å²) in [6.07, 6.45) is 3.23. The van der Waals surface area contributed by atoms with Gasteiger partial charge in [-0.1, -0.05) is 12.8 Å². The lowest BCUT2D eigenvalue weighted by Crippen LogP contribution is -2.44. The van der Waals surface area contributed by atoms with Crippen LogP contribution in [0.4, 0.5) is 4.79 Å². The molecule has 106 valence electrons. The molecule has 0 bridgehead atoms. The molecule has 0 heterocycles. The smallest absolute Gasteiger partial charge is 0.421 e. The summed E-state index contributed by atoms with van der Waals surface area (Å²) in [4.78, 5) is 10.8. The first-order valence-corrected chi connectivity index (χ1v) is 7.52. The van der Waals surface area contributed by atoms with Gasteiger partial charge >= 0.3 is 16.3 Å². The first-order valence-electron chi connectivity index (χ1n) is 6.04. The van der Waals surface area contributed by atoms with Crippen LogP contribution >= 0.6 is 0 Å². The number of rotatable bonds is 5. The Balaban J connectivity index is 2.45. The Hall–Kier alpha value is -0.860. The molecule has 0 aromatic rings. The lowest BCUT2D eigenvalue weighted by atomic mass is 9.79. The van der Waals surface area contributed by atoms with Gasteiger partial charge in [-0.15, -0.1) is 0 Å². The van der Waals surface area contributed by atoms with Crippen molar-refractivity contribution in [3.63, 3.8) is 0 Å². The van der Waals surface area contributed by atoms with Crippen molar-refractivity contribution in [3.8, 4) is 0 Å². The molecule has 1 aliphatic carbocycles. The monoisotopic (exact) mass is 279 g/mol. The molecule has 7 nitrogen and oxygen atoms in total. The second-order valence-electron chi connectivity index (χ2n) is 4.49. The molecule has 4 N–H and O–H groups in total. The second-order valence-corrected chi connectivity index (χ2v) is 5.99. The molecule has 0 aromatic carbocycles. The minimum absolute atomic E-state index is 0.234. The van der Waals surface area contributed by atoms with Crippen molar-refractivity contribution in [2.24, 2.45) is 17.6 Å². The predicted molar refractivity (Wildman–Crippen MR) is 67.0 cm³/mol. The second kappa shape index (κ2) is 6.91. The van der Waals surface area contributed by atoms with Gasteiger partial charge in [-0.3, -0.25) is 0 Å². The van der Waals surface area contributed by atoms with Crippen LogP contribution in [-0.4, -0.2) is 34.7 Å². The van der Waals surface area contributed by atoms with Crippen molar-refractivity contribution in [1.82, 2.24) is 9.44 Å². The number of nitrogens with one attached hydrogen (secondary N) is 2. The molecule has 2 unspecified atom stereocenters. The standard InChI is InChI=1S/C10H21N3O4S/c1-17-10(14)13-18(15,16)12-7-9-5-3-2-4-8(9)6-11/h8-9,12H,2-7,11H2,1H3,(H,13,14). The molecular weight excluding hydrogens is 258 g/mol. The van der Waals surface area contributed by atoms with Crippen LogP contribution in [0, 0.1) is 11.8 Å². The van der Waals surface area contributed by atoms with Gasteiger partial charge in [0.2, 0.25) is 0 Å². The van der Waals surface area contributed by atoms with Crippen LogP contribution in [0.3, 0.4) is 0 Å². The molecule has 1 rings (SSSR count). The molecule has 0 aliphatic heterocycles. The molecule has 1 amide bonds. The molecule has 0 aromatic heterocycles. The zero-order chi connectivity index (χ0) is 13.6. The van der Waals surface area contributed by atoms with Gasteiger partial charge in [0.25, 0.3) is 0 Å². The van der Waals surface area contributed by atoms with Gasteiger partial charge in [-0.2, -0.15) is 13.1 Å². The van der Waals surface area contributed by atoms with E-state index in [1.54, 1.807) is 4.72 Å². The summed E-state index contributed by atoms with van der Waals surface area (Å²) < 4.78 is 31.3. The molecular formula is C10H21N3O4S. The van der Waals surface area contributed by atoms with Crippen molar-refractivity contribution in [2.45, 2.75) is 25.7 Å². The molecule has 1 fully saturated rings. The highest BCUT2D eigenvalue weighted by atomic mass is 32.2. The number of amides is 1. The Bertz CT molecular complexity index is 371. The van der Waals surface area contributed by atoms with Crippen LogP contribution < -0.4 is 15.2 Å². The summed E-state index contributed by atoms with van der Waals surface area (Å²) in [6.45, 7) is 0.866. The maximum atomic E-state index is 11.5. The van der Waals surface area contributed by atoms with Crippen LogP contribution in [-0.2, 0) is 14.9 Å². The number of ether oxygens (including phenoxy) is 1. The zero-order valence-corrected chi connectivity index (χ0v) is 11.3. The molecule has 0 spiro atoms. The number of carbonyl (C=O) groups is 1. The molecule has 8 heteroatoms. The van der Waals surface area contributed by atoms with Crippen LogP contribution in [0.5, 0.6) is 0 Å². The van der Waals surface area contributed by atoms with Gasteiger partial charge in [0.05, 0.1) is 7.11 Å². The number of methoxy groups -OCH3 is 1. The third-order valence-corrected chi connectivity index (χ3v) is 4.29. The van der Waals surface area contributed by atoms with Gasteiger partial charge in [0, 0.05) is 6.54 Å². The number of carbonyl (C=O) groups excluding carboxylic acids is 1. The average Bonchev–Trinajstić information content (AvgIpc) is 2.36. The highest BCUT2D eigenvalue weighted by Gasteiger charge is 2.25. The lowest BCUT2D eigenvalue weighted by molar-refractivity contribution is 0.177. The molecule has 0 radical (unpaired) electrons. The van der Waals surface area contributed by atoms with Gasteiger partial charge in [-0.05, 0) is 31.2 Å². The average molecular weight is 279 g/mol. The van der Waals surface area contributed by atoms with Gasteiger partial charge in [0.1, 0.15) is 0 Å². The van der Waals surface area contributed by atoms with E-state index in [0.717, 1.165) is 32.8 Å². The fraction of sp³-hybridized carbons (Fsp3) is 0.900. The summed E-state index contributed by atoms with van der Waals surface area (Å²) in [7, 11) is -2.73. The van der Waals surface area contributed by atoms with Crippen molar-refractivity contribution in [2.75, 3.05) is 20.2 Å². The maximum Gasteiger partial charge on any atom is 0.421 e. The van der Waals surface area contributed by atoms with E-state index >= 15 is 0 Å². The van der Waals surface area contributed by atoms with Crippen LogP contribution in [0.15, 0.2) is 0 Å². The van der Waals surface area contributed by atoms with Gasteiger partial charge < -0.3 is 10.5 Å². The normalized spacial score (nSPS) is 24.6. The quantitative estimate of drug-likeness (QED) is 0.653. The molecule has 1 saturated carbocycles. The molecule has 2 atom stereocenters. The summed E-state index contributed by atoms with van der Waals surface area (Å²) in [6, 6.07) is 0. The number of hydrogen-bond donors (Lipinski definition) is 3. The van der Waals surface area contributed by atoms with E-state index < -0.39 is 16.3 Å². The summed E-state index contributed by atoms with van der Waals surface area (Å²) in [5.41, 5.74) is 5.67. The Morgan fingerprint density at radius 1 is 1.33 bits per heavy atom. The van der Waals surface area contributed by atoms with E-state index in [4.69, 9.17) is 5.73 Å². The van der Waals surface area contributed by atoms with E-state index in [1.807, 2.05) is 0 Å². The molecule has 0 saturated heterocycles. The largest absolute Gasteiger partial charge is 0.452 e. The van der Waals surface area contributed by atoms with Crippen molar-refractivity contribution < 1.29 is 17.9 Å². The number of nitrogens with two attached hydrogens (primary N) is 1. The highest BCUT2D eigenvalue weighted by Crippen LogP contribution is 2.28. The van der Waals surface area contributed by atoms with Crippen molar-refractivity contribution >= 4 is 16.3 Å². The Morgan fingerprint density at radius 3 is 2.50 bits per heavy atom. The van der Waals surface area contributed by atoms with Crippen LogP contribution in [0.25, 0.3) is 0 Å². The SMILES string of the molecule is COC(=O)NS(=O)(=O)NCC1CCCCC1CN. The van der Waals surface area contributed by atoms with E-state index in [2.05, 4.69) is 9.46 Å². The van der Waals surface area contributed by atoms with E-state index in [1.165, 1.54) is 0 Å². The minimum atomic E-state index is -3.84. The van der Waals surface area contributed by atoms with Crippen molar-refractivity contribution in [3.05, 3.63) is 0 Å². The van der Waals surface area contributed by atoms with Crippen LogP contribution in [0.2, 0.25) is 0 Å². The topological polar surface area (TPSA) is 111 Å². The molecule has 1 aliphatic rings. The fourth-order valence-corrected chi connectivity index (χ4v) is 3.08. The van der Waals surface area contributed by atoms with Crippen LogP contribution in [0.1, 0.15) is 25.7 Å². The Kier molecular flexibility index (Phi) is 5.83. The zero-order valence-electron chi connectivity index (χ0n) is 10.5. The lowest BCUT2D eigenvalue weighted by Gasteiger charge is -2.30. The third kappa shape index (κ3) is 4.79. The third-order valence-electron chi connectivity index (χ3n) is 3.31. The van der Waals surface area contributed by atoms with E-state index in [-0.39, 0.29) is 5.92 Å². The Morgan fingerprint density at radius 2 is 1.94 bits per heavy atom. The highest BCUT2D eigenvalue weighted by molar-refractivity contribution is 7.88. The van der Waals surface area contributed by atoms with E-state index in [0.29, 0.717) is 19.0 Å². The minimum Gasteiger partial charge on any atom is -0.452 e. The maximum absolute atomic E-state index is 11.5. The summed E-state index contributed by atoms with van der Waals surface area (Å²) in [5.74, 6) is 0.581. The number of hydrogen-bond acceptors (Lipinski definition) is 5. The van der Waals surface area contributed by atoms with E-state index in [9.17, 15) is 13.2 Å².